The van der Waals surface area contributed by atoms with Crippen LogP contribution in [0.15, 0.2) is 24.3 Å². The highest BCUT2D eigenvalue weighted by atomic mass is 16.2. The van der Waals surface area contributed by atoms with Crippen LogP contribution in [0, 0.1) is 11.3 Å². The minimum Gasteiger partial charge on any atom is -0.314 e. The fourth-order valence-corrected chi connectivity index (χ4v) is 1.42. The largest absolute Gasteiger partial charge is 0.314 e. The fraction of sp³-hybridized carbons (Fsp3) is 0.385. The number of carbonyl (C=O) groups is 1. The zero-order chi connectivity index (χ0) is 12.7. The van der Waals surface area contributed by atoms with Crippen LogP contribution in [0.2, 0.25) is 0 Å². The molecule has 17 heavy (non-hydrogen) atoms. The minimum atomic E-state index is -0.00598. The number of nitrogens with zero attached hydrogens (tertiary/aromatic N) is 2. The van der Waals surface area contributed by atoms with E-state index < -0.39 is 0 Å². The molecule has 0 aliphatic heterocycles. The lowest BCUT2D eigenvalue weighted by Gasteiger charge is -2.17. The molecule has 0 fully saturated rings. The van der Waals surface area contributed by atoms with Gasteiger partial charge in [-0.2, -0.15) is 5.26 Å². The van der Waals surface area contributed by atoms with Crippen molar-refractivity contribution in [3.63, 3.8) is 0 Å². The quantitative estimate of drug-likeness (QED) is 0.782. The summed E-state index contributed by atoms with van der Waals surface area (Å²) in [4.78, 5) is 13.4. The van der Waals surface area contributed by atoms with E-state index in [1.165, 1.54) is 0 Å². The maximum atomic E-state index is 11.8. The van der Waals surface area contributed by atoms with Gasteiger partial charge in [0.25, 0.3) is 0 Å². The molecule has 0 saturated heterocycles. The first-order valence-electron chi connectivity index (χ1n) is 5.66. The summed E-state index contributed by atoms with van der Waals surface area (Å²) in [5.74, 6) is -0.00598. The Bertz CT molecular complexity index is 423. The lowest BCUT2D eigenvalue weighted by atomic mass is 10.2. The Kier molecular flexibility index (Phi) is 5.18. The van der Waals surface area contributed by atoms with Gasteiger partial charge >= 0.3 is 0 Å². The Hall–Kier alpha value is -1.86. The second kappa shape index (κ2) is 6.66. The van der Waals surface area contributed by atoms with Crippen molar-refractivity contribution in [2.24, 2.45) is 0 Å². The summed E-state index contributed by atoms with van der Waals surface area (Å²) >= 11 is 0. The first-order valence-corrected chi connectivity index (χ1v) is 5.66. The molecule has 90 valence electrons. The van der Waals surface area contributed by atoms with Gasteiger partial charge in [-0.3, -0.25) is 4.79 Å². The van der Waals surface area contributed by atoms with E-state index in [4.69, 9.17) is 5.26 Å². The second-order valence-electron chi connectivity index (χ2n) is 3.79. The Balaban J connectivity index is 2.65. The molecule has 1 aromatic rings. The van der Waals surface area contributed by atoms with Gasteiger partial charge < -0.3 is 10.2 Å². The van der Waals surface area contributed by atoms with Gasteiger partial charge in [0.2, 0.25) is 5.91 Å². The van der Waals surface area contributed by atoms with Crippen LogP contribution in [0.5, 0.6) is 0 Å². The zero-order valence-corrected chi connectivity index (χ0v) is 10.2. The highest BCUT2D eigenvalue weighted by Crippen LogP contribution is 2.14. The van der Waals surface area contributed by atoms with Crippen molar-refractivity contribution in [2.45, 2.75) is 13.3 Å². The number of benzene rings is 1. The molecule has 0 aromatic heterocycles. The zero-order valence-electron chi connectivity index (χ0n) is 10.2. The summed E-state index contributed by atoms with van der Waals surface area (Å²) in [6, 6.07) is 9.08. The third-order valence-corrected chi connectivity index (χ3v) is 2.44. The fourth-order valence-electron chi connectivity index (χ4n) is 1.42. The normalized spacial score (nSPS) is 9.71. The van der Waals surface area contributed by atoms with E-state index in [9.17, 15) is 4.79 Å². The molecule has 0 aliphatic rings. The van der Waals surface area contributed by atoms with Crippen LogP contribution in [-0.2, 0) is 4.79 Å². The number of hydrogen-bond donors (Lipinski definition) is 1. The first kappa shape index (κ1) is 13.2. The van der Waals surface area contributed by atoms with Gasteiger partial charge in [-0.25, -0.2) is 0 Å². The molecule has 4 heteroatoms. The Labute approximate surface area is 102 Å². The Morgan fingerprint density at radius 3 is 2.94 bits per heavy atom. The van der Waals surface area contributed by atoms with Crippen molar-refractivity contribution >= 4 is 11.6 Å². The summed E-state index contributed by atoms with van der Waals surface area (Å²) in [6.45, 7) is 3.20. The van der Waals surface area contributed by atoms with E-state index in [1.54, 1.807) is 30.1 Å². The Morgan fingerprint density at radius 1 is 1.53 bits per heavy atom. The molecule has 1 amide bonds. The SMILES string of the molecule is CCCNCC(=O)N(C)c1cccc(C#N)c1. The van der Waals surface area contributed by atoms with Gasteiger partial charge in [0.05, 0.1) is 18.2 Å². The summed E-state index contributed by atoms with van der Waals surface area (Å²) in [7, 11) is 1.71. The Morgan fingerprint density at radius 2 is 2.29 bits per heavy atom. The molecule has 1 N–H and O–H groups in total. The molecular weight excluding hydrogens is 214 g/mol. The van der Waals surface area contributed by atoms with E-state index in [1.807, 2.05) is 6.07 Å². The molecule has 1 aromatic carbocycles. The minimum absolute atomic E-state index is 0.00598. The van der Waals surface area contributed by atoms with Crippen molar-refractivity contribution < 1.29 is 4.79 Å². The molecule has 0 saturated carbocycles. The van der Waals surface area contributed by atoms with Gasteiger partial charge in [0.15, 0.2) is 0 Å². The maximum Gasteiger partial charge on any atom is 0.240 e. The van der Waals surface area contributed by atoms with Crippen molar-refractivity contribution in [2.75, 3.05) is 25.0 Å². The summed E-state index contributed by atoms with van der Waals surface area (Å²) in [5, 5.41) is 11.8. The van der Waals surface area contributed by atoms with E-state index >= 15 is 0 Å². The number of likely N-dealkylation sites (N-methyl/N-ethyl adjacent to an activating group) is 1. The van der Waals surface area contributed by atoms with Crippen LogP contribution in [0.1, 0.15) is 18.9 Å². The van der Waals surface area contributed by atoms with Crippen LogP contribution in [0.4, 0.5) is 5.69 Å². The summed E-state index contributed by atoms with van der Waals surface area (Å²) < 4.78 is 0. The summed E-state index contributed by atoms with van der Waals surface area (Å²) in [5.41, 5.74) is 1.30. The van der Waals surface area contributed by atoms with Gasteiger partial charge in [0.1, 0.15) is 0 Å². The van der Waals surface area contributed by atoms with Crippen molar-refractivity contribution in [1.29, 1.82) is 5.26 Å². The second-order valence-corrected chi connectivity index (χ2v) is 3.79. The molecule has 4 nitrogen and oxygen atoms in total. The van der Waals surface area contributed by atoms with E-state index in [0.717, 1.165) is 18.7 Å². The standard InChI is InChI=1S/C13H17N3O/c1-3-7-15-10-13(17)16(2)12-6-4-5-11(8-12)9-14/h4-6,8,15H,3,7,10H2,1-2H3. The van der Waals surface area contributed by atoms with Gasteiger partial charge in [0, 0.05) is 12.7 Å². The number of amides is 1. The van der Waals surface area contributed by atoms with Crippen LogP contribution in [-0.4, -0.2) is 26.0 Å². The van der Waals surface area contributed by atoms with E-state index in [-0.39, 0.29) is 5.91 Å². The molecule has 0 aliphatic carbocycles. The van der Waals surface area contributed by atoms with Crippen molar-refractivity contribution in [3.05, 3.63) is 29.8 Å². The van der Waals surface area contributed by atoms with Crippen molar-refractivity contribution in [1.82, 2.24) is 5.32 Å². The lowest BCUT2D eigenvalue weighted by molar-refractivity contribution is -0.117. The number of anilines is 1. The molecule has 0 unspecified atom stereocenters. The molecule has 1 rings (SSSR count). The van der Waals surface area contributed by atoms with Crippen LogP contribution in [0.25, 0.3) is 0 Å². The molecule has 0 heterocycles. The lowest BCUT2D eigenvalue weighted by Crippen LogP contribution is -2.35. The number of nitrogens with one attached hydrogen (secondary N) is 1. The first-order chi connectivity index (χ1) is 8.19. The number of nitriles is 1. The predicted octanol–water partition coefficient (Wildman–Crippen LogP) is 1.52. The highest BCUT2D eigenvalue weighted by Gasteiger charge is 2.10. The molecular formula is C13H17N3O. The molecule has 0 atom stereocenters. The number of hydrogen-bond acceptors (Lipinski definition) is 3. The van der Waals surface area contributed by atoms with Crippen LogP contribution in [0.3, 0.4) is 0 Å². The monoisotopic (exact) mass is 231 g/mol. The molecule has 0 radical (unpaired) electrons. The van der Waals surface area contributed by atoms with Gasteiger partial charge in [-0.1, -0.05) is 13.0 Å². The van der Waals surface area contributed by atoms with Crippen LogP contribution < -0.4 is 10.2 Å². The third kappa shape index (κ3) is 3.89. The average Bonchev–Trinajstić information content (AvgIpc) is 2.38. The number of rotatable bonds is 5. The molecule has 0 bridgehead atoms. The van der Waals surface area contributed by atoms with Gasteiger partial charge in [-0.05, 0) is 31.2 Å². The van der Waals surface area contributed by atoms with E-state index in [0.29, 0.717) is 12.1 Å². The maximum absolute atomic E-state index is 11.8. The summed E-state index contributed by atoms with van der Waals surface area (Å²) in [6.07, 6.45) is 1.00. The van der Waals surface area contributed by atoms with Gasteiger partial charge in [-0.15, -0.1) is 0 Å². The van der Waals surface area contributed by atoms with Crippen LogP contribution >= 0.6 is 0 Å². The van der Waals surface area contributed by atoms with Crippen molar-refractivity contribution in [3.8, 4) is 6.07 Å². The smallest absolute Gasteiger partial charge is 0.240 e. The predicted molar refractivity (Wildman–Crippen MR) is 67.7 cm³/mol. The average molecular weight is 231 g/mol. The topological polar surface area (TPSA) is 56.1 Å². The number of carbonyl (C=O) groups excluding carboxylic acids is 1. The van der Waals surface area contributed by atoms with E-state index in [2.05, 4.69) is 18.3 Å². The highest BCUT2D eigenvalue weighted by molar-refractivity contribution is 5.94. The molecule has 0 spiro atoms. The third-order valence-electron chi connectivity index (χ3n) is 2.44.